The van der Waals surface area contributed by atoms with Gasteiger partial charge in [0.25, 0.3) is 5.91 Å². The van der Waals surface area contributed by atoms with Crippen molar-refractivity contribution in [2.24, 2.45) is 5.92 Å². The van der Waals surface area contributed by atoms with E-state index in [0.717, 1.165) is 36.8 Å². The first kappa shape index (κ1) is 33.0. The van der Waals surface area contributed by atoms with Crippen molar-refractivity contribution >= 4 is 27.5 Å². The molecule has 0 unspecified atom stereocenters. The second-order valence-electron chi connectivity index (χ2n) is 11.0. The molecular formula is C26H36F6N4O4S. The Labute approximate surface area is 235 Å². The van der Waals surface area contributed by atoms with Crippen molar-refractivity contribution in [3.05, 3.63) is 29.3 Å². The summed E-state index contributed by atoms with van der Waals surface area (Å²) in [4.78, 5) is 30.4. The van der Waals surface area contributed by atoms with Gasteiger partial charge in [-0.2, -0.15) is 34.8 Å². The molecule has 2 N–H and O–H groups in total. The fourth-order valence-electron chi connectivity index (χ4n) is 5.71. The molecule has 1 aliphatic carbocycles. The van der Waals surface area contributed by atoms with E-state index < -0.39 is 56.4 Å². The van der Waals surface area contributed by atoms with Crippen LogP contribution in [0.1, 0.15) is 75.2 Å². The Balaban J connectivity index is 1.81. The molecule has 15 heteroatoms. The van der Waals surface area contributed by atoms with Crippen LogP contribution in [0.3, 0.4) is 0 Å². The monoisotopic (exact) mass is 614 g/mol. The zero-order valence-corrected chi connectivity index (χ0v) is 24.1. The molecule has 2 aliphatic rings. The maximum absolute atomic E-state index is 13.4. The Bertz CT molecular complexity index is 1220. The normalized spacial score (nSPS) is 24.3. The van der Waals surface area contributed by atoms with Gasteiger partial charge in [0.05, 0.1) is 16.8 Å². The van der Waals surface area contributed by atoms with E-state index in [1.165, 1.54) is 0 Å². The summed E-state index contributed by atoms with van der Waals surface area (Å²) in [5.41, 5.74) is -9.13. The number of hydrogen-bond acceptors (Lipinski definition) is 5. The molecule has 1 aromatic rings. The van der Waals surface area contributed by atoms with Gasteiger partial charge in [-0.3, -0.25) is 14.3 Å². The minimum atomic E-state index is -6.03. The van der Waals surface area contributed by atoms with Gasteiger partial charge in [0, 0.05) is 24.7 Å². The number of nitrogens with zero attached hydrogens (tertiary/aromatic N) is 2. The molecule has 1 saturated carbocycles. The fourth-order valence-corrected chi connectivity index (χ4v) is 6.29. The lowest BCUT2D eigenvalue weighted by Gasteiger charge is -2.44. The molecule has 1 saturated heterocycles. The summed E-state index contributed by atoms with van der Waals surface area (Å²) in [6.07, 6.45) is -0.510. The maximum atomic E-state index is 13.4. The van der Waals surface area contributed by atoms with Crippen LogP contribution in [0.2, 0.25) is 0 Å². The van der Waals surface area contributed by atoms with Gasteiger partial charge in [-0.05, 0) is 77.1 Å². The average Bonchev–Trinajstić information content (AvgIpc) is 3.21. The van der Waals surface area contributed by atoms with Crippen LogP contribution in [-0.2, 0) is 21.0 Å². The highest BCUT2D eigenvalue weighted by molar-refractivity contribution is 7.93. The molecule has 1 aromatic carbocycles. The van der Waals surface area contributed by atoms with Crippen LogP contribution in [0.4, 0.5) is 32.0 Å². The zero-order chi connectivity index (χ0) is 30.9. The highest BCUT2D eigenvalue weighted by atomic mass is 32.2. The Morgan fingerprint density at radius 2 is 1.78 bits per heavy atom. The molecule has 3 rings (SSSR count). The van der Waals surface area contributed by atoms with E-state index in [-0.39, 0.29) is 24.4 Å². The molecule has 2 fully saturated rings. The molecule has 0 radical (unpaired) electrons. The summed E-state index contributed by atoms with van der Waals surface area (Å²) in [5, 5.41) is 2.32. The standard InChI is InChI=1S/C26H36F6N4O4S/c1-5-6-16-13-18(35(4)15(2)3)8-10-22(16)36-12-11-21(24(36)38)33-23(37)19-14-17(25(27,28)29)7-9-20(19)34-41(39,40)26(30,31)32/h7,9,14-16,18,21-22,34H,5-6,8,10-13H2,1-4H3,(H,33,37)/t16-,18-,21+,22+/m1/s1. The molecular weight excluding hydrogens is 578 g/mol. The van der Waals surface area contributed by atoms with Gasteiger partial charge in [0.1, 0.15) is 6.04 Å². The number of amides is 2. The van der Waals surface area contributed by atoms with E-state index in [2.05, 4.69) is 38.0 Å². The Morgan fingerprint density at radius 3 is 2.34 bits per heavy atom. The molecule has 232 valence electrons. The van der Waals surface area contributed by atoms with Gasteiger partial charge in [0.2, 0.25) is 5.91 Å². The van der Waals surface area contributed by atoms with Crippen LogP contribution < -0.4 is 10.0 Å². The number of halogens is 6. The molecule has 4 atom stereocenters. The van der Waals surface area contributed by atoms with Gasteiger partial charge in [-0.1, -0.05) is 13.3 Å². The van der Waals surface area contributed by atoms with Gasteiger partial charge in [-0.25, -0.2) is 0 Å². The van der Waals surface area contributed by atoms with Crippen LogP contribution >= 0.6 is 0 Å². The second-order valence-corrected chi connectivity index (χ2v) is 12.7. The number of nitrogens with one attached hydrogen (secondary N) is 2. The van der Waals surface area contributed by atoms with Crippen molar-refractivity contribution in [1.82, 2.24) is 15.1 Å². The maximum Gasteiger partial charge on any atom is 0.516 e. The zero-order valence-electron chi connectivity index (χ0n) is 23.3. The summed E-state index contributed by atoms with van der Waals surface area (Å²) in [6.45, 7) is 6.58. The molecule has 8 nitrogen and oxygen atoms in total. The third-order valence-electron chi connectivity index (χ3n) is 8.05. The van der Waals surface area contributed by atoms with E-state index in [9.17, 15) is 44.3 Å². The smallest absolute Gasteiger partial charge is 0.340 e. The quantitative estimate of drug-likeness (QED) is 0.383. The molecule has 0 bridgehead atoms. The van der Waals surface area contributed by atoms with Crippen molar-refractivity contribution in [3.63, 3.8) is 0 Å². The van der Waals surface area contributed by atoms with Gasteiger partial charge < -0.3 is 15.1 Å². The largest absolute Gasteiger partial charge is 0.516 e. The number of carbonyl (C=O) groups excluding carboxylic acids is 2. The molecule has 0 aromatic heterocycles. The van der Waals surface area contributed by atoms with E-state index >= 15 is 0 Å². The summed E-state index contributed by atoms with van der Waals surface area (Å²) in [5.74, 6) is -1.52. The van der Waals surface area contributed by atoms with Gasteiger partial charge in [0.15, 0.2) is 0 Å². The number of carbonyl (C=O) groups is 2. The molecule has 1 aliphatic heterocycles. The Hall–Kier alpha value is -2.55. The van der Waals surface area contributed by atoms with Crippen LogP contribution in [0, 0.1) is 5.92 Å². The highest BCUT2D eigenvalue weighted by Crippen LogP contribution is 2.37. The van der Waals surface area contributed by atoms with Gasteiger partial charge >= 0.3 is 21.7 Å². The van der Waals surface area contributed by atoms with Gasteiger partial charge in [-0.15, -0.1) is 0 Å². The SMILES string of the molecule is CCC[C@@H]1C[C@H](N(C)C(C)C)CC[C@@H]1N1CC[C@H](NC(=O)c2cc(C(F)(F)F)ccc2NS(=O)(=O)C(F)(F)F)C1=O. The third-order valence-corrected chi connectivity index (χ3v) is 9.15. The molecule has 41 heavy (non-hydrogen) atoms. The minimum absolute atomic E-state index is 0.0797. The number of alkyl halides is 6. The topological polar surface area (TPSA) is 98.8 Å². The number of anilines is 1. The van der Waals surface area contributed by atoms with E-state index in [0.29, 0.717) is 30.8 Å². The number of rotatable bonds is 9. The lowest BCUT2D eigenvalue weighted by Crippen LogP contribution is -2.51. The molecule has 0 spiro atoms. The molecule has 1 heterocycles. The summed E-state index contributed by atoms with van der Waals surface area (Å²) in [6, 6.07) is 0.556. The number of likely N-dealkylation sites (tertiary alicyclic amines) is 1. The minimum Gasteiger partial charge on any atom is -0.340 e. The van der Waals surface area contributed by atoms with E-state index in [4.69, 9.17) is 0 Å². The van der Waals surface area contributed by atoms with Crippen LogP contribution in [0.25, 0.3) is 0 Å². The van der Waals surface area contributed by atoms with Crippen molar-refractivity contribution in [3.8, 4) is 0 Å². The van der Waals surface area contributed by atoms with E-state index in [1.807, 2.05) is 0 Å². The lowest BCUT2D eigenvalue weighted by atomic mass is 9.77. The number of sulfonamides is 1. The Morgan fingerprint density at radius 1 is 1.12 bits per heavy atom. The van der Waals surface area contributed by atoms with Crippen molar-refractivity contribution in [2.45, 2.75) is 95.1 Å². The first-order valence-corrected chi connectivity index (χ1v) is 15.0. The predicted molar refractivity (Wildman–Crippen MR) is 140 cm³/mol. The molecule has 2 amide bonds. The summed E-state index contributed by atoms with van der Waals surface area (Å²) >= 11 is 0. The lowest BCUT2D eigenvalue weighted by molar-refractivity contribution is -0.137. The van der Waals surface area contributed by atoms with Crippen LogP contribution in [0.15, 0.2) is 18.2 Å². The summed E-state index contributed by atoms with van der Waals surface area (Å²) in [7, 11) is -3.96. The predicted octanol–water partition coefficient (Wildman–Crippen LogP) is 4.98. The van der Waals surface area contributed by atoms with E-state index in [1.54, 1.807) is 4.90 Å². The van der Waals surface area contributed by atoms with Crippen molar-refractivity contribution in [2.75, 3.05) is 18.3 Å². The Kier molecular flexibility index (Phi) is 9.93. The van der Waals surface area contributed by atoms with Crippen LogP contribution in [0.5, 0.6) is 0 Å². The average molecular weight is 615 g/mol. The number of hydrogen-bond donors (Lipinski definition) is 2. The fraction of sp³-hybridized carbons (Fsp3) is 0.692. The van der Waals surface area contributed by atoms with Crippen LogP contribution in [-0.4, -0.2) is 73.3 Å². The first-order valence-electron chi connectivity index (χ1n) is 13.5. The van der Waals surface area contributed by atoms with Crippen molar-refractivity contribution in [1.29, 1.82) is 0 Å². The third kappa shape index (κ3) is 7.46. The summed E-state index contributed by atoms with van der Waals surface area (Å²) < 4.78 is 103. The second kappa shape index (κ2) is 12.4. The number of benzene rings is 1. The highest BCUT2D eigenvalue weighted by Gasteiger charge is 2.47. The van der Waals surface area contributed by atoms with Crippen molar-refractivity contribution < 1.29 is 44.3 Å². The first-order chi connectivity index (χ1) is 18.9.